The van der Waals surface area contributed by atoms with Gasteiger partial charge in [-0.2, -0.15) is 0 Å². The Labute approximate surface area is 155 Å². The van der Waals surface area contributed by atoms with Gasteiger partial charge in [0.05, 0.1) is 13.7 Å². The first kappa shape index (κ1) is 18.3. The smallest absolute Gasteiger partial charge is 0.238 e. The van der Waals surface area contributed by atoms with Crippen molar-refractivity contribution >= 4 is 17.3 Å². The maximum atomic E-state index is 12.4. The lowest BCUT2D eigenvalue weighted by atomic mass is 10.1. The number of amides is 1. The molecule has 0 aliphatic carbocycles. The number of carbonyl (C=O) groups excluding carboxylic acids is 1. The van der Waals surface area contributed by atoms with Crippen molar-refractivity contribution in [1.82, 2.24) is 4.90 Å². The molecule has 0 bridgehead atoms. The van der Waals surface area contributed by atoms with Gasteiger partial charge in [-0.1, -0.05) is 23.8 Å². The van der Waals surface area contributed by atoms with Crippen molar-refractivity contribution in [3.63, 3.8) is 0 Å². The molecular weight excluding hydrogens is 326 g/mol. The molecule has 1 aliphatic heterocycles. The molecule has 1 aliphatic rings. The minimum absolute atomic E-state index is 0.0479. The molecule has 0 atom stereocenters. The van der Waals surface area contributed by atoms with Gasteiger partial charge in [-0.15, -0.1) is 0 Å². The second-order valence-electron chi connectivity index (χ2n) is 6.83. The van der Waals surface area contributed by atoms with E-state index in [0.717, 1.165) is 43.2 Å². The van der Waals surface area contributed by atoms with E-state index in [0.29, 0.717) is 6.54 Å². The van der Waals surface area contributed by atoms with E-state index in [1.165, 1.54) is 11.3 Å². The Morgan fingerprint density at radius 3 is 2.54 bits per heavy atom. The fraction of sp³-hybridized carbons (Fsp3) is 0.381. The van der Waals surface area contributed by atoms with Gasteiger partial charge in [0.15, 0.2) is 0 Å². The highest BCUT2D eigenvalue weighted by Crippen LogP contribution is 2.22. The summed E-state index contributed by atoms with van der Waals surface area (Å²) in [6.45, 7) is 8.07. The predicted molar refractivity (Wildman–Crippen MR) is 106 cm³/mol. The zero-order valence-corrected chi connectivity index (χ0v) is 15.8. The lowest BCUT2D eigenvalue weighted by Gasteiger charge is -2.35. The molecule has 1 saturated heterocycles. The molecule has 5 nitrogen and oxygen atoms in total. The highest BCUT2D eigenvalue weighted by molar-refractivity contribution is 5.93. The third kappa shape index (κ3) is 4.55. The Morgan fingerprint density at radius 1 is 1.08 bits per heavy atom. The fourth-order valence-electron chi connectivity index (χ4n) is 3.32. The average molecular weight is 353 g/mol. The van der Waals surface area contributed by atoms with Crippen LogP contribution in [0.25, 0.3) is 0 Å². The van der Waals surface area contributed by atoms with Gasteiger partial charge in [-0.25, -0.2) is 0 Å². The molecule has 1 fully saturated rings. The van der Waals surface area contributed by atoms with Crippen LogP contribution in [0, 0.1) is 13.8 Å². The molecule has 5 heteroatoms. The number of ether oxygens (including phenoxy) is 1. The standard InChI is InChI=1S/C21H27N3O2/c1-16-7-8-20(17(2)13-16)22-21(25)15-23-9-11-24(12-10-23)18-5-4-6-19(14-18)26-3/h4-8,13-14H,9-12,15H2,1-3H3,(H,22,25). The molecule has 0 spiro atoms. The molecule has 2 aromatic carbocycles. The van der Waals surface area contributed by atoms with Gasteiger partial charge in [-0.3, -0.25) is 9.69 Å². The van der Waals surface area contributed by atoms with Gasteiger partial charge in [0, 0.05) is 43.6 Å². The number of carbonyl (C=O) groups is 1. The van der Waals surface area contributed by atoms with E-state index in [4.69, 9.17) is 4.74 Å². The van der Waals surface area contributed by atoms with Crippen LogP contribution in [-0.4, -0.2) is 50.6 Å². The summed E-state index contributed by atoms with van der Waals surface area (Å²) in [5.41, 5.74) is 4.37. The third-order valence-corrected chi connectivity index (χ3v) is 4.81. The number of hydrogen-bond acceptors (Lipinski definition) is 4. The van der Waals surface area contributed by atoms with Gasteiger partial charge in [0.2, 0.25) is 5.91 Å². The Bertz CT molecular complexity index is 768. The molecular formula is C21H27N3O2. The number of rotatable bonds is 5. The molecule has 138 valence electrons. The van der Waals surface area contributed by atoms with Crippen LogP contribution in [0.4, 0.5) is 11.4 Å². The van der Waals surface area contributed by atoms with Gasteiger partial charge in [0.1, 0.15) is 5.75 Å². The predicted octanol–water partition coefficient (Wildman–Crippen LogP) is 3.07. The molecule has 1 amide bonds. The van der Waals surface area contributed by atoms with Crippen molar-refractivity contribution in [3.8, 4) is 5.75 Å². The minimum Gasteiger partial charge on any atom is -0.497 e. The molecule has 26 heavy (non-hydrogen) atoms. The first-order valence-electron chi connectivity index (χ1n) is 9.03. The van der Waals surface area contributed by atoms with E-state index in [1.54, 1.807) is 7.11 Å². The first-order chi connectivity index (χ1) is 12.5. The molecule has 1 heterocycles. The van der Waals surface area contributed by atoms with Crippen LogP contribution in [0.5, 0.6) is 5.75 Å². The molecule has 3 rings (SSSR count). The molecule has 2 aromatic rings. The van der Waals surface area contributed by atoms with Crippen molar-refractivity contribution in [1.29, 1.82) is 0 Å². The summed E-state index contributed by atoms with van der Waals surface area (Å²) in [7, 11) is 1.69. The van der Waals surface area contributed by atoms with Crippen LogP contribution in [0.3, 0.4) is 0 Å². The summed E-state index contributed by atoms with van der Waals surface area (Å²) in [6.07, 6.45) is 0. The largest absolute Gasteiger partial charge is 0.497 e. The number of methoxy groups -OCH3 is 1. The lowest BCUT2D eigenvalue weighted by molar-refractivity contribution is -0.117. The second-order valence-corrected chi connectivity index (χ2v) is 6.83. The van der Waals surface area contributed by atoms with Crippen molar-refractivity contribution < 1.29 is 9.53 Å². The Balaban J connectivity index is 1.51. The number of nitrogens with zero attached hydrogens (tertiary/aromatic N) is 2. The fourth-order valence-corrected chi connectivity index (χ4v) is 3.32. The summed E-state index contributed by atoms with van der Waals surface area (Å²) in [4.78, 5) is 16.9. The Hall–Kier alpha value is -2.53. The summed E-state index contributed by atoms with van der Waals surface area (Å²) >= 11 is 0. The number of piperazine rings is 1. The van der Waals surface area contributed by atoms with Crippen LogP contribution in [0.2, 0.25) is 0 Å². The molecule has 0 aromatic heterocycles. The van der Waals surface area contributed by atoms with Crippen LogP contribution in [0.1, 0.15) is 11.1 Å². The normalized spacial score (nSPS) is 15.0. The van der Waals surface area contributed by atoms with Crippen LogP contribution in [-0.2, 0) is 4.79 Å². The maximum absolute atomic E-state index is 12.4. The van der Waals surface area contributed by atoms with Crippen molar-refractivity contribution in [2.75, 3.05) is 50.1 Å². The van der Waals surface area contributed by atoms with E-state index < -0.39 is 0 Å². The quantitative estimate of drug-likeness (QED) is 0.897. The van der Waals surface area contributed by atoms with Gasteiger partial charge >= 0.3 is 0 Å². The first-order valence-corrected chi connectivity index (χ1v) is 9.03. The summed E-state index contributed by atoms with van der Waals surface area (Å²) in [6, 6.07) is 14.2. The number of aryl methyl sites for hydroxylation is 2. The molecule has 1 N–H and O–H groups in total. The van der Waals surface area contributed by atoms with Gasteiger partial charge in [0.25, 0.3) is 0 Å². The number of hydrogen-bond donors (Lipinski definition) is 1. The van der Waals surface area contributed by atoms with Crippen LogP contribution < -0.4 is 15.0 Å². The SMILES string of the molecule is COc1cccc(N2CCN(CC(=O)Nc3ccc(C)cc3C)CC2)c1. The van der Waals surface area contributed by atoms with Gasteiger partial charge in [-0.05, 0) is 37.6 Å². The van der Waals surface area contributed by atoms with Crippen molar-refractivity contribution in [2.24, 2.45) is 0 Å². The maximum Gasteiger partial charge on any atom is 0.238 e. The van der Waals surface area contributed by atoms with Crippen molar-refractivity contribution in [3.05, 3.63) is 53.6 Å². The zero-order valence-electron chi connectivity index (χ0n) is 15.8. The average Bonchev–Trinajstić information content (AvgIpc) is 2.65. The number of anilines is 2. The van der Waals surface area contributed by atoms with E-state index in [1.807, 2.05) is 31.2 Å². The van der Waals surface area contributed by atoms with Gasteiger partial charge < -0.3 is 15.0 Å². The van der Waals surface area contributed by atoms with E-state index in [2.05, 4.69) is 40.2 Å². The second kappa shape index (κ2) is 8.23. The summed E-state index contributed by atoms with van der Waals surface area (Å²) < 4.78 is 5.30. The highest BCUT2D eigenvalue weighted by atomic mass is 16.5. The van der Waals surface area contributed by atoms with Crippen molar-refractivity contribution in [2.45, 2.75) is 13.8 Å². The highest BCUT2D eigenvalue weighted by Gasteiger charge is 2.19. The molecule has 0 unspecified atom stereocenters. The number of nitrogens with one attached hydrogen (secondary N) is 1. The van der Waals surface area contributed by atoms with E-state index in [-0.39, 0.29) is 5.91 Å². The lowest BCUT2D eigenvalue weighted by Crippen LogP contribution is -2.48. The summed E-state index contributed by atoms with van der Waals surface area (Å²) in [5, 5.41) is 3.03. The summed E-state index contributed by atoms with van der Waals surface area (Å²) in [5.74, 6) is 0.921. The van der Waals surface area contributed by atoms with Crippen LogP contribution >= 0.6 is 0 Å². The Morgan fingerprint density at radius 2 is 1.85 bits per heavy atom. The van der Waals surface area contributed by atoms with Crippen LogP contribution in [0.15, 0.2) is 42.5 Å². The molecule has 0 radical (unpaired) electrons. The topological polar surface area (TPSA) is 44.8 Å². The zero-order chi connectivity index (χ0) is 18.5. The van der Waals surface area contributed by atoms with E-state index >= 15 is 0 Å². The van der Waals surface area contributed by atoms with E-state index in [9.17, 15) is 4.79 Å². The monoisotopic (exact) mass is 353 g/mol. The number of benzene rings is 2. The minimum atomic E-state index is 0.0479. The third-order valence-electron chi connectivity index (χ3n) is 4.81. The Kier molecular flexibility index (Phi) is 5.78. The molecule has 0 saturated carbocycles.